The summed E-state index contributed by atoms with van der Waals surface area (Å²) in [6.07, 6.45) is 0. The molecule has 0 radical (unpaired) electrons. The van der Waals surface area contributed by atoms with Gasteiger partial charge in [0.2, 0.25) is 11.9 Å². The summed E-state index contributed by atoms with van der Waals surface area (Å²) in [6, 6.07) is 7.87. The smallest absolute Gasteiger partial charge is 0.323 e. The fourth-order valence-corrected chi connectivity index (χ4v) is 1.65. The Labute approximate surface area is 122 Å². The van der Waals surface area contributed by atoms with Crippen molar-refractivity contribution < 1.29 is 4.74 Å². The molecular weight excluding hydrogens is 278 g/mol. The van der Waals surface area contributed by atoms with Gasteiger partial charge in [0.1, 0.15) is 0 Å². The average Bonchev–Trinajstić information content (AvgIpc) is 2.47. The number of anilines is 2. The molecule has 0 spiro atoms. The van der Waals surface area contributed by atoms with Crippen molar-refractivity contribution in [1.29, 1.82) is 0 Å². The molecule has 2 rings (SSSR count). The Hall–Kier alpha value is -2.08. The Morgan fingerprint density at radius 3 is 2.45 bits per heavy atom. The van der Waals surface area contributed by atoms with Crippen LogP contribution in [-0.4, -0.2) is 28.6 Å². The minimum Gasteiger partial charge on any atom is -0.464 e. The molecular formula is C13H16ClN5O. The molecule has 0 aliphatic carbocycles. The van der Waals surface area contributed by atoms with Crippen LogP contribution in [0.1, 0.15) is 12.5 Å². The van der Waals surface area contributed by atoms with Crippen molar-refractivity contribution in [3.05, 3.63) is 34.9 Å². The number of halogens is 1. The molecule has 0 saturated heterocycles. The van der Waals surface area contributed by atoms with Crippen LogP contribution in [0.3, 0.4) is 0 Å². The van der Waals surface area contributed by atoms with Crippen molar-refractivity contribution >= 4 is 23.5 Å². The summed E-state index contributed by atoms with van der Waals surface area (Å²) < 4.78 is 5.30. The van der Waals surface area contributed by atoms with Gasteiger partial charge in [-0.1, -0.05) is 23.7 Å². The molecule has 106 valence electrons. The Balaban J connectivity index is 2.07. The van der Waals surface area contributed by atoms with Crippen molar-refractivity contribution in [3.63, 3.8) is 0 Å². The topological polar surface area (TPSA) is 72.0 Å². The van der Waals surface area contributed by atoms with Gasteiger partial charge in [-0.15, -0.1) is 0 Å². The number of hydrogen-bond donors (Lipinski definition) is 2. The highest BCUT2D eigenvalue weighted by atomic mass is 35.5. The minimum absolute atomic E-state index is 0.297. The van der Waals surface area contributed by atoms with Crippen LogP contribution in [0.15, 0.2) is 24.3 Å². The van der Waals surface area contributed by atoms with Gasteiger partial charge >= 0.3 is 6.01 Å². The van der Waals surface area contributed by atoms with Gasteiger partial charge in [0, 0.05) is 18.6 Å². The summed E-state index contributed by atoms with van der Waals surface area (Å²) in [5, 5.41) is 6.71. The Bertz CT molecular complexity index is 561. The number of ether oxygens (including phenoxy) is 1. The second kappa shape index (κ2) is 6.91. The van der Waals surface area contributed by atoms with Gasteiger partial charge in [0.15, 0.2) is 0 Å². The van der Waals surface area contributed by atoms with Gasteiger partial charge in [-0.25, -0.2) is 0 Å². The van der Waals surface area contributed by atoms with Gasteiger partial charge < -0.3 is 15.4 Å². The molecule has 20 heavy (non-hydrogen) atoms. The normalized spacial score (nSPS) is 10.2. The van der Waals surface area contributed by atoms with Crippen LogP contribution in [0.5, 0.6) is 6.01 Å². The Kier molecular flexibility index (Phi) is 4.95. The van der Waals surface area contributed by atoms with Gasteiger partial charge in [-0.05, 0) is 24.6 Å². The summed E-state index contributed by atoms with van der Waals surface area (Å²) in [5.74, 6) is 0.921. The van der Waals surface area contributed by atoms with E-state index < -0.39 is 0 Å². The molecule has 1 aromatic heterocycles. The van der Waals surface area contributed by atoms with Crippen LogP contribution in [-0.2, 0) is 6.54 Å². The number of hydrogen-bond acceptors (Lipinski definition) is 6. The fraction of sp³-hybridized carbons (Fsp3) is 0.308. The molecule has 2 N–H and O–H groups in total. The molecule has 1 heterocycles. The van der Waals surface area contributed by atoms with E-state index in [0.717, 1.165) is 5.56 Å². The lowest BCUT2D eigenvalue weighted by Gasteiger charge is -2.08. The standard InChI is InChI=1S/C13H16ClN5O/c1-3-20-13-18-11(15-2)17-12(19-13)16-8-9-4-6-10(14)7-5-9/h4-7H,3,8H2,1-2H3,(H2,15,16,17,18,19). The summed E-state index contributed by atoms with van der Waals surface area (Å²) in [4.78, 5) is 12.5. The zero-order valence-electron chi connectivity index (χ0n) is 11.4. The van der Waals surface area contributed by atoms with Crippen LogP contribution in [0, 0.1) is 0 Å². The van der Waals surface area contributed by atoms with Gasteiger partial charge in [0.05, 0.1) is 6.61 Å². The number of benzene rings is 1. The summed E-state index contributed by atoms with van der Waals surface area (Å²) in [7, 11) is 1.74. The lowest BCUT2D eigenvalue weighted by atomic mass is 10.2. The third-order valence-corrected chi connectivity index (χ3v) is 2.73. The van der Waals surface area contributed by atoms with Crippen LogP contribution < -0.4 is 15.4 Å². The Morgan fingerprint density at radius 1 is 1.10 bits per heavy atom. The molecule has 0 unspecified atom stereocenters. The van der Waals surface area contributed by atoms with E-state index in [1.807, 2.05) is 31.2 Å². The predicted molar refractivity (Wildman–Crippen MR) is 79.3 cm³/mol. The van der Waals surface area contributed by atoms with Gasteiger partial charge in [-0.2, -0.15) is 15.0 Å². The van der Waals surface area contributed by atoms with Crippen molar-refractivity contribution in [2.45, 2.75) is 13.5 Å². The SMILES string of the molecule is CCOc1nc(NC)nc(NCc2ccc(Cl)cc2)n1. The molecule has 0 fully saturated rings. The molecule has 0 bridgehead atoms. The lowest BCUT2D eigenvalue weighted by molar-refractivity contribution is 0.312. The number of rotatable bonds is 6. The van der Waals surface area contributed by atoms with E-state index in [2.05, 4.69) is 25.6 Å². The highest BCUT2D eigenvalue weighted by Gasteiger charge is 2.06. The molecule has 0 aliphatic rings. The third-order valence-electron chi connectivity index (χ3n) is 2.48. The highest BCUT2D eigenvalue weighted by Crippen LogP contribution is 2.13. The molecule has 0 atom stereocenters. The van der Waals surface area contributed by atoms with E-state index in [4.69, 9.17) is 16.3 Å². The third kappa shape index (κ3) is 3.96. The van der Waals surface area contributed by atoms with Crippen LogP contribution >= 0.6 is 11.6 Å². The number of aromatic nitrogens is 3. The van der Waals surface area contributed by atoms with Gasteiger partial charge in [-0.3, -0.25) is 0 Å². The quantitative estimate of drug-likeness (QED) is 0.853. The minimum atomic E-state index is 0.297. The lowest BCUT2D eigenvalue weighted by Crippen LogP contribution is -2.09. The zero-order chi connectivity index (χ0) is 14.4. The monoisotopic (exact) mass is 293 g/mol. The maximum absolute atomic E-state index is 5.85. The molecule has 2 aromatic rings. The molecule has 0 amide bonds. The Morgan fingerprint density at radius 2 is 1.80 bits per heavy atom. The first-order chi connectivity index (χ1) is 9.71. The molecule has 7 heteroatoms. The van der Waals surface area contributed by atoms with E-state index in [0.29, 0.717) is 36.1 Å². The zero-order valence-corrected chi connectivity index (χ0v) is 12.1. The fourth-order valence-electron chi connectivity index (χ4n) is 1.52. The predicted octanol–water partition coefficient (Wildman–Crippen LogP) is 2.58. The second-order valence-electron chi connectivity index (χ2n) is 3.93. The molecule has 6 nitrogen and oxygen atoms in total. The maximum atomic E-state index is 5.85. The van der Waals surface area contributed by atoms with Crippen molar-refractivity contribution in [3.8, 4) is 6.01 Å². The molecule has 0 saturated carbocycles. The van der Waals surface area contributed by atoms with E-state index in [1.165, 1.54) is 0 Å². The van der Waals surface area contributed by atoms with Crippen LogP contribution in [0.25, 0.3) is 0 Å². The van der Waals surface area contributed by atoms with E-state index in [1.54, 1.807) is 7.05 Å². The largest absolute Gasteiger partial charge is 0.464 e. The molecule has 1 aromatic carbocycles. The van der Waals surface area contributed by atoms with E-state index >= 15 is 0 Å². The highest BCUT2D eigenvalue weighted by molar-refractivity contribution is 6.30. The van der Waals surface area contributed by atoms with Gasteiger partial charge in [0.25, 0.3) is 0 Å². The molecule has 0 aliphatic heterocycles. The summed E-state index contributed by atoms with van der Waals surface area (Å²) >= 11 is 5.85. The first kappa shape index (κ1) is 14.3. The van der Waals surface area contributed by atoms with Crippen LogP contribution in [0.2, 0.25) is 5.02 Å². The number of nitrogens with zero attached hydrogens (tertiary/aromatic N) is 3. The first-order valence-corrected chi connectivity index (χ1v) is 6.64. The van der Waals surface area contributed by atoms with Crippen LogP contribution in [0.4, 0.5) is 11.9 Å². The van der Waals surface area contributed by atoms with Crippen molar-refractivity contribution in [2.24, 2.45) is 0 Å². The number of nitrogens with one attached hydrogen (secondary N) is 2. The summed E-state index contributed by atoms with van der Waals surface area (Å²) in [5.41, 5.74) is 1.08. The van der Waals surface area contributed by atoms with E-state index in [-0.39, 0.29) is 0 Å². The second-order valence-corrected chi connectivity index (χ2v) is 4.36. The van der Waals surface area contributed by atoms with E-state index in [9.17, 15) is 0 Å². The summed E-state index contributed by atoms with van der Waals surface area (Å²) in [6.45, 7) is 2.98. The maximum Gasteiger partial charge on any atom is 0.323 e. The van der Waals surface area contributed by atoms with Crippen molar-refractivity contribution in [2.75, 3.05) is 24.3 Å². The van der Waals surface area contributed by atoms with Crippen molar-refractivity contribution in [1.82, 2.24) is 15.0 Å². The first-order valence-electron chi connectivity index (χ1n) is 6.26. The average molecular weight is 294 g/mol.